The molecule has 1 amide bonds. The highest BCUT2D eigenvalue weighted by atomic mass is 19.4. The maximum absolute atomic E-state index is 10.6. The Hall–Kier alpha value is -2.05. The number of carbonyl (C=O) groups excluding carboxylic acids is 1. The van der Waals surface area contributed by atoms with Crippen molar-refractivity contribution in [2.24, 2.45) is 5.73 Å². The number of primary amides is 1. The molecule has 0 aliphatic rings. The summed E-state index contributed by atoms with van der Waals surface area (Å²) in [6.45, 7) is 0.933. The molecular formula is C10H16F6N2O5. The third-order valence-electron chi connectivity index (χ3n) is 1.51. The number of aliphatic carboxylic acids is 2. The Kier molecular flexibility index (Phi) is 12.9. The fraction of sp³-hybridized carbons (Fsp3) is 0.700. The van der Waals surface area contributed by atoms with Crippen LogP contribution in [0.2, 0.25) is 0 Å². The number of alkyl halides is 6. The van der Waals surface area contributed by atoms with E-state index in [-0.39, 0.29) is 5.91 Å². The largest absolute Gasteiger partial charge is 0.490 e. The van der Waals surface area contributed by atoms with Crippen LogP contribution in [0.5, 0.6) is 0 Å². The lowest BCUT2D eigenvalue weighted by Gasteiger charge is -2.06. The normalized spacial score (nSPS) is 10.8. The Morgan fingerprint density at radius 2 is 1.17 bits per heavy atom. The predicted molar refractivity (Wildman–Crippen MR) is 64.4 cm³/mol. The van der Waals surface area contributed by atoms with Crippen LogP contribution >= 0.6 is 0 Å². The molecule has 7 nitrogen and oxygen atoms in total. The van der Waals surface area contributed by atoms with Crippen molar-refractivity contribution >= 4 is 17.8 Å². The highest BCUT2D eigenvalue weighted by molar-refractivity contribution is 5.73. The lowest BCUT2D eigenvalue weighted by Crippen LogP contribution is -2.21. The summed E-state index contributed by atoms with van der Waals surface area (Å²) in [6, 6.07) is 0. The first-order chi connectivity index (χ1) is 10.0. The van der Waals surface area contributed by atoms with Crippen LogP contribution in [0.1, 0.15) is 12.8 Å². The van der Waals surface area contributed by atoms with Gasteiger partial charge in [-0.25, -0.2) is 9.59 Å². The standard InChI is InChI=1S/C6H14N2O.2C2HF3O2/c1-8(2)5-3-4-6(7)9;2*3-2(4,5)1(6)7/h3-5H2,1-2H3,(H2,7,9);2*(H,6,7). The summed E-state index contributed by atoms with van der Waals surface area (Å²) in [7, 11) is 3.95. The molecule has 4 N–H and O–H groups in total. The predicted octanol–water partition coefficient (Wildman–Crippen LogP) is 1.08. The molecule has 0 saturated carbocycles. The quantitative estimate of drug-likeness (QED) is 0.647. The number of amides is 1. The van der Waals surface area contributed by atoms with Gasteiger partial charge in [0.25, 0.3) is 0 Å². The molecule has 0 aliphatic carbocycles. The molecule has 0 fully saturated rings. The van der Waals surface area contributed by atoms with Crippen LogP contribution in [0.4, 0.5) is 26.3 Å². The third-order valence-corrected chi connectivity index (χ3v) is 1.51. The molecule has 23 heavy (non-hydrogen) atoms. The van der Waals surface area contributed by atoms with Crippen molar-refractivity contribution in [2.45, 2.75) is 25.2 Å². The zero-order valence-electron chi connectivity index (χ0n) is 12.0. The SMILES string of the molecule is CN(C)CCCC(N)=O.O=C(O)C(F)(F)F.O=C(O)C(F)(F)F. The van der Waals surface area contributed by atoms with Gasteiger partial charge in [-0.15, -0.1) is 0 Å². The van der Waals surface area contributed by atoms with E-state index in [1.807, 2.05) is 19.0 Å². The van der Waals surface area contributed by atoms with Gasteiger partial charge >= 0.3 is 24.3 Å². The Bertz CT molecular complexity index is 357. The highest BCUT2D eigenvalue weighted by Gasteiger charge is 2.38. The monoisotopic (exact) mass is 358 g/mol. The number of rotatable bonds is 4. The van der Waals surface area contributed by atoms with Gasteiger partial charge in [0, 0.05) is 6.42 Å². The number of carbonyl (C=O) groups is 3. The van der Waals surface area contributed by atoms with Gasteiger partial charge in [0.15, 0.2) is 0 Å². The molecule has 0 aromatic rings. The molecule has 0 aromatic heterocycles. The molecule has 0 rings (SSSR count). The average Bonchev–Trinajstić information content (AvgIpc) is 2.26. The Labute approximate surface area is 126 Å². The fourth-order valence-electron chi connectivity index (χ4n) is 0.570. The van der Waals surface area contributed by atoms with Crippen molar-refractivity contribution in [1.29, 1.82) is 0 Å². The maximum Gasteiger partial charge on any atom is 0.490 e. The van der Waals surface area contributed by atoms with E-state index in [2.05, 4.69) is 0 Å². The second kappa shape index (κ2) is 11.5. The van der Waals surface area contributed by atoms with Crippen LogP contribution < -0.4 is 5.73 Å². The number of nitrogens with two attached hydrogens (primary N) is 1. The summed E-state index contributed by atoms with van der Waals surface area (Å²) in [5, 5.41) is 14.2. The van der Waals surface area contributed by atoms with Crippen molar-refractivity contribution in [3.05, 3.63) is 0 Å². The summed E-state index contributed by atoms with van der Waals surface area (Å²) in [5.41, 5.74) is 4.92. The van der Waals surface area contributed by atoms with E-state index in [1.54, 1.807) is 0 Å². The molecule has 0 bridgehead atoms. The van der Waals surface area contributed by atoms with Crippen LogP contribution in [0, 0.1) is 0 Å². The molecule has 0 aliphatic heterocycles. The minimum absolute atomic E-state index is 0.211. The number of carboxylic acids is 2. The van der Waals surface area contributed by atoms with Crippen LogP contribution in [-0.4, -0.2) is 66.0 Å². The number of hydrogen-bond donors (Lipinski definition) is 3. The van der Waals surface area contributed by atoms with E-state index in [4.69, 9.17) is 25.5 Å². The molecular weight excluding hydrogens is 342 g/mol. The Morgan fingerprint density at radius 3 is 1.30 bits per heavy atom. The molecule has 0 aromatic carbocycles. The molecule has 0 heterocycles. The molecule has 138 valence electrons. The maximum atomic E-state index is 10.6. The molecule has 0 radical (unpaired) electrons. The van der Waals surface area contributed by atoms with Gasteiger partial charge in [0.2, 0.25) is 5.91 Å². The third kappa shape index (κ3) is 25.3. The number of hydrogen-bond acceptors (Lipinski definition) is 4. The number of carboxylic acid groups (broad SMARTS) is 2. The van der Waals surface area contributed by atoms with Gasteiger partial charge in [0.05, 0.1) is 0 Å². The Balaban J connectivity index is -0.000000264. The van der Waals surface area contributed by atoms with Gasteiger partial charge in [-0.05, 0) is 27.1 Å². The van der Waals surface area contributed by atoms with Crippen LogP contribution in [0.15, 0.2) is 0 Å². The number of halogens is 6. The van der Waals surface area contributed by atoms with Gasteiger partial charge in [-0.3, -0.25) is 4.79 Å². The zero-order valence-corrected chi connectivity index (χ0v) is 12.0. The van der Waals surface area contributed by atoms with E-state index in [1.165, 1.54) is 0 Å². The Morgan fingerprint density at radius 1 is 0.913 bits per heavy atom. The van der Waals surface area contributed by atoms with Crippen molar-refractivity contribution in [1.82, 2.24) is 4.90 Å². The highest BCUT2D eigenvalue weighted by Crippen LogP contribution is 2.13. The zero-order chi connectivity index (χ0) is 19.4. The van der Waals surface area contributed by atoms with E-state index in [9.17, 15) is 31.1 Å². The van der Waals surface area contributed by atoms with Crippen molar-refractivity contribution < 1.29 is 50.9 Å². The molecule has 0 spiro atoms. The molecule has 0 atom stereocenters. The minimum Gasteiger partial charge on any atom is -0.475 e. The average molecular weight is 358 g/mol. The summed E-state index contributed by atoms with van der Waals surface area (Å²) >= 11 is 0. The van der Waals surface area contributed by atoms with Gasteiger partial charge in [0.1, 0.15) is 0 Å². The second-order valence-electron chi connectivity index (χ2n) is 3.98. The van der Waals surface area contributed by atoms with Gasteiger partial charge in [-0.2, -0.15) is 26.3 Å². The topological polar surface area (TPSA) is 121 Å². The lowest BCUT2D eigenvalue weighted by atomic mass is 10.3. The van der Waals surface area contributed by atoms with Crippen LogP contribution in [-0.2, 0) is 14.4 Å². The van der Waals surface area contributed by atoms with E-state index >= 15 is 0 Å². The van der Waals surface area contributed by atoms with E-state index in [0.29, 0.717) is 6.42 Å². The van der Waals surface area contributed by atoms with E-state index in [0.717, 1.165) is 13.0 Å². The lowest BCUT2D eigenvalue weighted by molar-refractivity contribution is -0.193. The first kappa shape index (κ1) is 25.9. The summed E-state index contributed by atoms with van der Waals surface area (Å²) in [6.07, 6.45) is -8.81. The smallest absolute Gasteiger partial charge is 0.475 e. The molecule has 0 saturated heterocycles. The van der Waals surface area contributed by atoms with Gasteiger partial charge < -0.3 is 20.8 Å². The van der Waals surface area contributed by atoms with Gasteiger partial charge in [-0.1, -0.05) is 0 Å². The molecule has 13 heteroatoms. The fourth-order valence-corrected chi connectivity index (χ4v) is 0.570. The first-order valence-electron chi connectivity index (χ1n) is 5.55. The minimum atomic E-state index is -5.08. The summed E-state index contributed by atoms with van der Waals surface area (Å²) in [4.78, 5) is 30.0. The van der Waals surface area contributed by atoms with Crippen LogP contribution in [0.3, 0.4) is 0 Å². The summed E-state index contributed by atoms with van der Waals surface area (Å²) in [5.74, 6) is -5.73. The van der Waals surface area contributed by atoms with E-state index < -0.39 is 24.3 Å². The van der Waals surface area contributed by atoms with Crippen molar-refractivity contribution in [2.75, 3.05) is 20.6 Å². The van der Waals surface area contributed by atoms with Crippen LogP contribution in [0.25, 0.3) is 0 Å². The molecule has 0 unspecified atom stereocenters. The second-order valence-corrected chi connectivity index (χ2v) is 3.98. The number of nitrogens with zero attached hydrogens (tertiary/aromatic N) is 1. The van der Waals surface area contributed by atoms with Crippen molar-refractivity contribution in [3.63, 3.8) is 0 Å². The van der Waals surface area contributed by atoms with Crippen molar-refractivity contribution in [3.8, 4) is 0 Å². The summed E-state index contributed by atoms with van der Waals surface area (Å²) < 4.78 is 63.5. The first-order valence-corrected chi connectivity index (χ1v) is 5.55.